The summed E-state index contributed by atoms with van der Waals surface area (Å²) in [5.41, 5.74) is 4.62. The first-order valence-electron chi connectivity index (χ1n) is 13.1. The molecule has 0 bridgehead atoms. The summed E-state index contributed by atoms with van der Waals surface area (Å²) in [5.74, 6) is 7.68. The third-order valence-corrected chi connectivity index (χ3v) is 7.02. The van der Waals surface area contributed by atoms with Gasteiger partial charge in [0.05, 0.1) is 0 Å². The Bertz CT molecular complexity index is 860. The molecule has 0 unspecified atom stereocenters. The van der Waals surface area contributed by atoms with Gasteiger partial charge in [-0.2, -0.15) is 0 Å². The number of benzene rings is 2. The van der Waals surface area contributed by atoms with E-state index in [0.29, 0.717) is 11.8 Å². The SMILES string of the molecule is CCCCCCCc1ccc(C2CCC(C#Cc3ccc(CCCC)c(F)c3)CC2)cc1. The summed E-state index contributed by atoms with van der Waals surface area (Å²) in [6.07, 6.45) is 15.6. The minimum absolute atomic E-state index is 0.0987. The van der Waals surface area contributed by atoms with Crippen LogP contribution in [0, 0.1) is 23.6 Å². The van der Waals surface area contributed by atoms with Crippen molar-refractivity contribution in [3.8, 4) is 11.8 Å². The molecule has 1 heteroatoms. The summed E-state index contributed by atoms with van der Waals surface area (Å²) < 4.78 is 14.3. The van der Waals surface area contributed by atoms with Gasteiger partial charge < -0.3 is 0 Å². The van der Waals surface area contributed by atoms with Gasteiger partial charge in [0.1, 0.15) is 5.82 Å². The van der Waals surface area contributed by atoms with Crippen molar-refractivity contribution < 1.29 is 4.39 Å². The first-order valence-corrected chi connectivity index (χ1v) is 13.1. The van der Waals surface area contributed by atoms with Crippen LogP contribution in [-0.4, -0.2) is 0 Å². The fraction of sp³-hybridized carbons (Fsp3) is 0.548. The second-order valence-corrected chi connectivity index (χ2v) is 9.63. The first kappa shape index (κ1) is 24.6. The molecule has 2 aromatic rings. The van der Waals surface area contributed by atoms with E-state index in [1.54, 1.807) is 6.07 Å². The Morgan fingerprint density at radius 3 is 2.19 bits per heavy atom. The number of hydrogen-bond acceptors (Lipinski definition) is 0. The van der Waals surface area contributed by atoms with E-state index in [4.69, 9.17) is 0 Å². The lowest BCUT2D eigenvalue weighted by atomic mass is 9.78. The summed E-state index contributed by atoms with van der Waals surface area (Å²) in [5, 5.41) is 0. The van der Waals surface area contributed by atoms with Gasteiger partial charge in [-0.1, -0.05) is 88.1 Å². The van der Waals surface area contributed by atoms with Gasteiger partial charge in [0.2, 0.25) is 0 Å². The van der Waals surface area contributed by atoms with Crippen molar-refractivity contribution in [2.75, 3.05) is 0 Å². The molecule has 32 heavy (non-hydrogen) atoms. The molecule has 0 spiro atoms. The van der Waals surface area contributed by atoms with Crippen molar-refractivity contribution in [2.24, 2.45) is 5.92 Å². The van der Waals surface area contributed by atoms with E-state index in [0.717, 1.165) is 43.2 Å². The van der Waals surface area contributed by atoms with Crippen molar-refractivity contribution in [3.05, 3.63) is 70.5 Å². The van der Waals surface area contributed by atoms with Gasteiger partial charge >= 0.3 is 0 Å². The monoisotopic (exact) mass is 432 g/mol. The van der Waals surface area contributed by atoms with Crippen LogP contribution in [0.25, 0.3) is 0 Å². The molecule has 0 radical (unpaired) electrons. The van der Waals surface area contributed by atoms with Crippen molar-refractivity contribution in [1.82, 2.24) is 0 Å². The molecule has 0 nitrogen and oxygen atoms in total. The summed E-state index contributed by atoms with van der Waals surface area (Å²) in [6.45, 7) is 4.41. The highest BCUT2D eigenvalue weighted by Crippen LogP contribution is 2.35. The number of halogens is 1. The largest absolute Gasteiger partial charge is 0.207 e. The van der Waals surface area contributed by atoms with Crippen LogP contribution in [0.2, 0.25) is 0 Å². The van der Waals surface area contributed by atoms with E-state index >= 15 is 0 Å². The molecule has 1 aliphatic carbocycles. The van der Waals surface area contributed by atoms with Crippen LogP contribution in [-0.2, 0) is 12.8 Å². The van der Waals surface area contributed by atoms with Crippen molar-refractivity contribution >= 4 is 0 Å². The quantitative estimate of drug-likeness (QED) is 0.259. The highest BCUT2D eigenvalue weighted by molar-refractivity contribution is 5.37. The third kappa shape index (κ3) is 7.81. The van der Waals surface area contributed by atoms with Crippen LogP contribution in [0.1, 0.15) is 113 Å². The van der Waals surface area contributed by atoms with E-state index in [9.17, 15) is 4.39 Å². The van der Waals surface area contributed by atoms with Gasteiger partial charge in [-0.05, 0) is 86.1 Å². The molecular weight excluding hydrogens is 391 g/mol. The summed E-state index contributed by atoms with van der Waals surface area (Å²) >= 11 is 0. The lowest BCUT2D eigenvalue weighted by Crippen LogP contribution is -2.12. The van der Waals surface area contributed by atoms with E-state index < -0.39 is 0 Å². The molecule has 0 heterocycles. The minimum atomic E-state index is -0.0987. The maximum atomic E-state index is 14.3. The zero-order valence-corrected chi connectivity index (χ0v) is 20.3. The molecule has 1 aliphatic rings. The molecule has 1 fully saturated rings. The number of aryl methyl sites for hydroxylation is 2. The molecule has 0 N–H and O–H groups in total. The zero-order valence-electron chi connectivity index (χ0n) is 20.3. The Kier molecular flexibility index (Phi) is 10.3. The molecule has 0 saturated heterocycles. The van der Waals surface area contributed by atoms with E-state index in [1.807, 2.05) is 12.1 Å². The van der Waals surface area contributed by atoms with E-state index in [-0.39, 0.29) is 5.82 Å². The highest BCUT2D eigenvalue weighted by atomic mass is 19.1. The average Bonchev–Trinajstić information content (AvgIpc) is 2.83. The molecule has 2 aromatic carbocycles. The van der Waals surface area contributed by atoms with Gasteiger partial charge in [-0.15, -0.1) is 0 Å². The van der Waals surface area contributed by atoms with Crippen LogP contribution in [0.5, 0.6) is 0 Å². The van der Waals surface area contributed by atoms with Crippen LogP contribution in [0.15, 0.2) is 42.5 Å². The van der Waals surface area contributed by atoms with Crippen LogP contribution in [0.4, 0.5) is 4.39 Å². The topological polar surface area (TPSA) is 0 Å². The molecule has 0 aliphatic heterocycles. The van der Waals surface area contributed by atoms with Crippen molar-refractivity contribution in [3.63, 3.8) is 0 Å². The summed E-state index contributed by atoms with van der Waals surface area (Å²) in [4.78, 5) is 0. The third-order valence-electron chi connectivity index (χ3n) is 7.02. The van der Waals surface area contributed by atoms with Gasteiger partial charge in [0, 0.05) is 11.5 Å². The standard InChI is InChI=1S/C31H41F/c1-3-5-7-8-9-10-25-14-19-28(20-15-25)29-21-16-26(17-22-29)12-13-27-18-23-30(11-6-4-2)31(32)24-27/h14-15,18-20,23-24,26,29H,3-11,16-17,21-22H2,1-2H3. The maximum Gasteiger partial charge on any atom is 0.127 e. The van der Waals surface area contributed by atoms with E-state index in [2.05, 4.69) is 50.0 Å². The second kappa shape index (κ2) is 13.5. The Morgan fingerprint density at radius 1 is 0.781 bits per heavy atom. The highest BCUT2D eigenvalue weighted by Gasteiger charge is 2.21. The normalized spacial score (nSPS) is 18.2. The second-order valence-electron chi connectivity index (χ2n) is 9.63. The molecule has 0 atom stereocenters. The maximum absolute atomic E-state index is 14.3. The molecule has 0 amide bonds. The minimum Gasteiger partial charge on any atom is -0.207 e. The summed E-state index contributed by atoms with van der Waals surface area (Å²) in [7, 11) is 0. The average molecular weight is 433 g/mol. The summed E-state index contributed by atoms with van der Waals surface area (Å²) in [6, 6.07) is 14.9. The Hall–Kier alpha value is -2.07. The van der Waals surface area contributed by atoms with Gasteiger partial charge in [0.25, 0.3) is 0 Å². The smallest absolute Gasteiger partial charge is 0.127 e. The molecule has 0 aromatic heterocycles. The predicted octanol–water partition coefficient (Wildman–Crippen LogP) is 9.01. The molecular formula is C31H41F. The fourth-order valence-electron chi connectivity index (χ4n) is 4.84. The number of hydrogen-bond donors (Lipinski definition) is 0. The molecule has 172 valence electrons. The Labute approximate surface area is 196 Å². The van der Waals surface area contributed by atoms with Crippen LogP contribution in [0.3, 0.4) is 0 Å². The Balaban J connectivity index is 1.45. The van der Waals surface area contributed by atoms with Crippen molar-refractivity contribution in [1.29, 1.82) is 0 Å². The van der Waals surface area contributed by atoms with Crippen LogP contribution < -0.4 is 0 Å². The predicted molar refractivity (Wildman–Crippen MR) is 135 cm³/mol. The fourth-order valence-corrected chi connectivity index (χ4v) is 4.84. The van der Waals surface area contributed by atoms with Gasteiger partial charge in [-0.25, -0.2) is 4.39 Å². The van der Waals surface area contributed by atoms with Crippen molar-refractivity contribution in [2.45, 2.75) is 103 Å². The molecule has 3 rings (SSSR count). The molecule has 1 saturated carbocycles. The first-order chi connectivity index (χ1) is 15.7. The van der Waals surface area contributed by atoms with Gasteiger partial charge in [-0.3, -0.25) is 0 Å². The Morgan fingerprint density at radius 2 is 1.50 bits per heavy atom. The zero-order chi connectivity index (χ0) is 22.6. The lowest BCUT2D eigenvalue weighted by molar-refractivity contribution is 0.384. The number of unbranched alkanes of at least 4 members (excludes halogenated alkanes) is 5. The van der Waals surface area contributed by atoms with E-state index in [1.165, 1.54) is 62.5 Å². The lowest BCUT2D eigenvalue weighted by Gasteiger charge is -2.26. The number of rotatable bonds is 10. The van der Waals surface area contributed by atoms with Gasteiger partial charge in [0.15, 0.2) is 0 Å². The van der Waals surface area contributed by atoms with Crippen LogP contribution >= 0.6 is 0 Å².